The van der Waals surface area contributed by atoms with Crippen LogP contribution < -0.4 is 19.1 Å². The van der Waals surface area contributed by atoms with E-state index in [0.717, 1.165) is 11.3 Å². The van der Waals surface area contributed by atoms with E-state index in [9.17, 15) is 9.59 Å². The number of likely N-dealkylation sites (N-methyl/N-ethyl adjacent to an activating group) is 1. The number of benzene rings is 2. The van der Waals surface area contributed by atoms with Gasteiger partial charge in [0.25, 0.3) is 5.91 Å². The van der Waals surface area contributed by atoms with Crippen molar-refractivity contribution in [2.45, 2.75) is 19.0 Å². The van der Waals surface area contributed by atoms with Crippen LogP contribution in [0.2, 0.25) is 0 Å². The zero-order chi connectivity index (χ0) is 21.7. The van der Waals surface area contributed by atoms with Gasteiger partial charge in [-0.25, -0.2) is 4.90 Å². The maximum Gasteiger partial charge on any atom is 0.251 e. The highest BCUT2D eigenvalue weighted by molar-refractivity contribution is 6.22. The van der Waals surface area contributed by atoms with Gasteiger partial charge in [0.05, 0.1) is 32.4 Å². The van der Waals surface area contributed by atoms with Gasteiger partial charge in [0, 0.05) is 12.6 Å². The summed E-state index contributed by atoms with van der Waals surface area (Å²) in [7, 11) is 4.89. The first-order chi connectivity index (χ1) is 14.5. The number of nitrogens with zero attached hydrogens (tertiary/aromatic N) is 2. The normalized spacial score (nSPS) is 16.1. The first kappa shape index (κ1) is 21.4. The molecule has 3 rings (SSSR count). The van der Waals surface area contributed by atoms with E-state index in [1.807, 2.05) is 36.2 Å². The van der Waals surface area contributed by atoms with Gasteiger partial charge >= 0.3 is 0 Å². The molecule has 2 aromatic rings. The first-order valence-corrected chi connectivity index (χ1v) is 9.60. The summed E-state index contributed by atoms with van der Waals surface area (Å²) >= 11 is 0. The Morgan fingerprint density at radius 2 is 1.80 bits per heavy atom. The largest absolute Gasteiger partial charge is 0.493 e. The Bertz CT molecular complexity index is 926. The van der Waals surface area contributed by atoms with Gasteiger partial charge in [0.1, 0.15) is 12.4 Å². The fourth-order valence-corrected chi connectivity index (χ4v) is 3.44. The van der Waals surface area contributed by atoms with Crippen molar-refractivity contribution in [3.05, 3.63) is 60.7 Å². The van der Waals surface area contributed by atoms with E-state index < -0.39 is 6.04 Å². The summed E-state index contributed by atoms with van der Waals surface area (Å²) in [6, 6.07) is 12.1. The molecule has 7 nitrogen and oxygen atoms in total. The van der Waals surface area contributed by atoms with Crippen molar-refractivity contribution in [3.8, 4) is 17.2 Å². The third-order valence-electron chi connectivity index (χ3n) is 5.00. The molecule has 1 atom stereocenters. The third-order valence-corrected chi connectivity index (χ3v) is 5.00. The standard InChI is InChI=1S/C23H26N2O5/c1-5-12-30-18-9-6-16(7-10-18)15-24(2)19-14-22(26)25(23(19)27)17-8-11-20(28-3)21(13-17)29-4/h5-11,13,19H,1,12,14-15H2,2-4H3. The molecule has 0 saturated carbocycles. The van der Waals surface area contributed by atoms with E-state index in [1.165, 1.54) is 19.1 Å². The maximum absolute atomic E-state index is 13.0. The SMILES string of the molecule is C=CCOc1ccc(CN(C)C2CC(=O)N(c3ccc(OC)c(OC)c3)C2=O)cc1. The number of rotatable bonds is 9. The monoisotopic (exact) mass is 410 g/mol. The second-order valence-electron chi connectivity index (χ2n) is 6.99. The molecule has 2 amide bonds. The van der Waals surface area contributed by atoms with E-state index in [1.54, 1.807) is 24.3 Å². The molecule has 1 fully saturated rings. The van der Waals surface area contributed by atoms with E-state index in [0.29, 0.717) is 30.3 Å². The molecule has 30 heavy (non-hydrogen) atoms. The Balaban J connectivity index is 1.71. The van der Waals surface area contributed by atoms with Gasteiger partial charge in [0.2, 0.25) is 5.91 Å². The predicted octanol–water partition coefficient (Wildman–Crippen LogP) is 3.03. The number of anilines is 1. The highest BCUT2D eigenvalue weighted by Gasteiger charge is 2.41. The van der Waals surface area contributed by atoms with Crippen LogP contribution >= 0.6 is 0 Å². The lowest BCUT2D eigenvalue weighted by Gasteiger charge is -2.23. The summed E-state index contributed by atoms with van der Waals surface area (Å²) in [5.74, 6) is 1.27. The second kappa shape index (κ2) is 9.45. The number of amides is 2. The third kappa shape index (κ3) is 4.46. The number of hydrogen-bond donors (Lipinski definition) is 0. The molecule has 0 radical (unpaired) electrons. The van der Waals surface area contributed by atoms with Crippen molar-refractivity contribution in [1.29, 1.82) is 0 Å². The molecule has 1 unspecified atom stereocenters. The van der Waals surface area contributed by atoms with Crippen LogP contribution in [0.4, 0.5) is 5.69 Å². The summed E-state index contributed by atoms with van der Waals surface area (Å²) in [6.07, 6.45) is 1.82. The lowest BCUT2D eigenvalue weighted by Crippen LogP contribution is -2.39. The summed E-state index contributed by atoms with van der Waals surface area (Å²) in [5.41, 5.74) is 1.50. The molecule has 1 heterocycles. The average molecular weight is 410 g/mol. The van der Waals surface area contributed by atoms with Crippen molar-refractivity contribution in [3.63, 3.8) is 0 Å². The number of carbonyl (C=O) groups excluding carboxylic acids is 2. The van der Waals surface area contributed by atoms with E-state index in [-0.39, 0.29) is 18.2 Å². The van der Waals surface area contributed by atoms with Gasteiger partial charge in [-0.15, -0.1) is 0 Å². The van der Waals surface area contributed by atoms with Crippen LogP contribution in [0.1, 0.15) is 12.0 Å². The molecular weight excluding hydrogens is 384 g/mol. The van der Waals surface area contributed by atoms with Gasteiger partial charge in [-0.05, 0) is 36.9 Å². The smallest absolute Gasteiger partial charge is 0.251 e. The minimum absolute atomic E-state index is 0.129. The van der Waals surface area contributed by atoms with Crippen LogP contribution in [0.3, 0.4) is 0 Å². The van der Waals surface area contributed by atoms with Crippen molar-refractivity contribution >= 4 is 17.5 Å². The van der Waals surface area contributed by atoms with E-state index >= 15 is 0 Å². The molecule has 1 aliphatic rings. The van der Waals surface area contributed by atoms with Crippen LogP contribution in [0.15, 0.2) is 55.1 Å². The molecule has 2 aromatic carbocycles. The van der Waals surface area contributed by atoms with Gasteiger partial charge in [0.15, 0.2) is 11.5 Å². The highest BCUT2D eigenvalue weighted by atomic mass is 16.5. The molecule has 158 valence electrons. The topological polar surface area (TPSA) is 68.3 Å². The van der Waals surface area contributed by atoms with Gasteiger partial charge < -0.3 is 14.2 Å². The molecule has 0 aromatic heterocycles. The molecule has 7 heteroatoms. The Morgan fingerprint density at radius 3 is 2.43 bits per heavy atom. The Morgan fingerprint density at radius 1 is 1.10 bits per heavy atom. The minimum Gasteiger partial charge on any atom is -0.493 e. The zero-order valence-corrected chi connectivity index (χ0v) is 17.5. The molecule has 1 aliphatic heterocycles. The number of hydrogen-bond acceptors (Lipinski definition) is 6. The first-order valence-electron chi connectivity index (χ1n) is 9.60. The van der Waals surface area contributed by atoms with E-state index in [4.69, 9.17) is 14.2 Å². The zero-order valence-electron chi connectivity index (χ0n) is 17.5. The Hall–Kier alpha value is -3.32. The lowest BCUT2D eigenvalue weighted by atomic mass is 10.1. The van der Waals surface area contributed by atoms with Crippen LogP contribution in [-0.4, -0.2) is 50.6 Å². The van der Waals surface area contributed by atoms with Crippen LogP contribution in [-0.2, 0) is 16.1 Å². The Labute approximate surface area is 176 Å². The van der Waals surface area contributed by atoms with Crippen LogP contribution in [0.25, 0.3) is 0 Å². The van der Waals surface area contributed by atoms with Crippen LogP contribution in [0, 0.1) is 0 Å². The van der Waals surface area contributed by atoms with E-state index in [2.05, 4.69) is 6.58 Å². The summed E-state index contributed by atoms with van der Waals surface area (Å²) in [4.78, 5) is 28.8. The number of methoxy groups -OCH3 is 2. The van der Waals surface area contributed by atoms with Gasteiger partial charge in [-0.1, -0.05) is 24.8 Å². The highest BCUT2D eigenvalue weighted by Crippen LogP contribution is 2.34. The van der Waals surface area contributed by atoms with Gasteiger partial charge in [-0.2, -0.15) is 0 Å². The minimum atomic E-state index is -0.526. The molecule has 0 aliphatic carbocycles. The fraction of sp³-hybridized carbons (Fsp3) is 0.304. The van der Waals surface area contributed by atoms with Crippen molar-refractivity contribution in [1.82, 2.24) is 4.90 Å². The molecule has 0 N–H and O–H groups in total. The summed E-state index contributed by atoms with van der Waals surface area (Å²) < 4.78 is 16.0. The number of imide groups is 1. The molecule has 1 saturated heterocycles. The Kier molecular flexibility index (Phi) is 6.74. The van der Waals surface area contributed by atoms with Gasteiger partial charge in [-0.3, -0.25) is 14.5 Å². The maximum atomic E-state index is 13.0. The molecule has 0 bridgehead atoms. The molecular formula is C23H26N2O5. The predicted molar refractivity (Wildman–Crippen MR) is 114 cm³/mol. The van der Waals surface area contributed by atoms with Crippen LogP contribution in [0.5, 0.6) is 17.2 Å². The second-order valence-corrected chi connectivity index (χ2v) is 6.99. The summed E-state index contributed by atoms with van der Waals surface area (Å²) in [6.45, 7) is 4.61. The van der Waals surface area contributed by atoms with Crippen molar-refractivity contribution in [2.24, 2.45) is 0 Å². The quantitative estimate of drug-likeness (QED) is 0.468. The number of ether oxygens (including phenoxy) is 3. The number of carbonyl (C=O) groups is 2. The molecule has 0 spiro atoms. The van der Waals surface area contributed by atoms with Crippen molar-refractivity contribution in [2.75, 3.05) is 32.8 Å². The van der Waals surface area contributed by atoms with Crippen molar-refractivity contribution < 1.29 is 23.8 Å². The average Bonchev–Trinajstić information content (AvgIpc) is 3.06. The fourth-order valence-electron chi connectivity index (χ4n) is 3.44. The summed E-state index contributed by atoms with van der Waals surface area (Å²) in [5, 5.41) is 0. The lowest BCUT2D eigenvalue weighted by molar-refractivity contribution is -0.122.